The van der Waals surface area contributed by atoms with Gasteiger partial charge < -0.3 is 9.05 Å². The van der Waals surface area contributed by atoms with Gasteiger partial charge in [0.25, 0.3) is 0 Å². The van der Waals surface area contributed by atoms with Crippen molar-refractivity contribution in [2.24, 2.45) is 0 Å². The Morgan fingerprint density at radius 2 is 1.85 bits per heavy atom. The average molecular weight is 396 g/mol. The Bertz CT molecular complexity index is 961. The maximum Gasteiger partial charge on any atom is 0.334 e. The van der Waals surface area contributed by atoms with Crippen LogP contribution in [-0.4, -0.2) is 15.2 Å². The van der Waals surface area contributed by atoms with E-state index in [0.717, 1.165) is 11.1 Å². The van der Waals surface area contributed by atoms with Crippen molar-refractivity contribution in [1.82, 2.24) is 10.3 Å². The average Bonchev–Trinajstić information content (AvgIpc) is 3.08. The van der Waals surface area contributed by atoms with E-state index in [2.05, 4.69) is 10.3 Å². The zero-order valence-corrected chi connectivity index (χ0v) is 15.8. The van der Waals surface area contributed by atoms with E-state index in [1.807, 2.05) is 6.92 Å². The normalized spacial score (nSPS) is 12.3. The summed E-state index contributed by atoms with van der Waals surface area (Å²) in [7, 11) is 0. The van der Waals surface area contributed by atoms with Gasteiger partial charge in [-0.2, -0.15) is 0 Å². The molecule has 0 aliphatic carbocycles. The van der Waals surface area contributed by atoms with Crippen LogP contribution in [0.25, 0.3) is 0 Å². The molecular formula is C17H15Cl2N3O4. The summed E-state index contributed by atoms with van der Waals surface area (Å²) in [4.78, 5) is 10.9. The molecule has 7 nitrogen and oxygen atoms in total. The Morgan fingerprint density at radius 1 is 1.15 bits per heavy atom. The lowest BCUT2D eigenvalue weighted by Crippen LogP contribution is -2.09. The number of aromatic nitrogens is 2. The van der Waals surface area contributed by atoms with Gasteiger partial charge in [0.05, 0.1) is 10.6 Å². The van der Waals surface area contributed by atoms with Gasteiger partial charge in [0.1, 0.15) is 5.76 Å². The molecule has 26 heavy (non-hydrogen) atoms. The molecule has 2 aromatic heterocycles. The van der Waals surface area contributed by atoms with Crippen molar-refractivity contribution in [3.05, 3.63) is 72.4 Å². The molecule has 0 aliphatic rings. The van der Waals surface area contributed by atoms with Gasteiger partial charge in [-0.1, -0.05) is 39.6 Å². The highest BCUT2D eigenvalue weighted by Crippen LogP contribution is 2.39. The van der Waals surface area contributed by atoms with Crippen LogP contribution < -0.4 is 0 Å². The molecule has 0 fully saturated rings. The van der Waals surface area contributed by atoms with Crippen LogP contribution in [0.1, 0.15) is 40.0 Å². The van der Waals surface area contributed by atoms with Gasteiger partial charge in [0.2, 0.25) is 5.76 Å². The highest BCUT2D eigenvalue weighted by atomic mass is 35.5. The van der Waals surface area contributed by atoms with E-state index in [4.69, 9.17) is 32.2 Å². The van der Waals surface area contributed by atoms with Crippen molar-refractivity contribution in [1.29, 1.82) is 0 Å². The summed E-state index contributed by atoms with van der Waals surface area (Å²) in [6.45, 7) is 5.13. The molecule has 2 heterocycles. The molecule has 0 amide bonds. The molecule has 3 rings (SSSR count). The van der Waals surface area contributed by atoms with E-state index in [0.29, 0.717) is 21.5 Å². The Kier molecular flexibility index (Phi) is 5.02. The van der Waals surface area contributed by atoms with Gasteiger partial charge in [0, 0.05) is 27.9 Å². The summed E-state index contributed by atoms with van der Waals surface area (Å²) in [5, 5.41) is 20.1. The van der Waals surface area contributed by atoms with Crippen molar-refractivity contribution in [2.45, 2.75) is 33.1 Å². The number of halogens is 2. The molecule has 0 radical (unpaired) electrons. The molecule has 1 atom stereocenters. The van der Waals surface area contributed by atoms with Crippen LogP contribution in [0.2, 0.25) is 10.0 Å². The molecule has 0 saturated heterocycles. The van der Waals surface area contributed by atoms with Crippen LogP contribution in [0.4, 0.5) is 5.69 Å². The fourth-order valence-corrected chi connectivity index (χ4v) is 3.64. The van der Waals surface area contributed by atoms with Crippen LogP contribution in [0.3, 0.4) is 0 Å². The van der Waals surface area contributed by atoms with E-state index in [9.17, 15) is 10.1 Å². The van der Waals surface area contributed by atoms with Gasteiger partial charge in [-0.3, -0.25) is 10.1 Å². The van der Waals surface area contributed by atoms with Crippen molar-refractivity contribution in [2.75, 3.05) is 0 Å². The lowest BCUT2D eigenvalue weighted by atomic mass is 9.86. The Morgan fingerprint density at radius 3 is 2.42 bits per heavy atom. The molecule has 9 heteroatoms. The maximum atomic E-state index is 11.4. The first-order chi connectivity index (χ1) is 12.3. The summed E-state index contributed by atoms with van der Waals surface area (Å²) >= 11 is 12.4. The van der Waals surface area contributed by atoms with Crippen LogP contribution in [0, 0.1) is 30.9 Å². The summed E-state index contributed by atoms with van der Waals surface area (Å²) in [6, 6.07) is 5.13. The molecule has 0 bridgehead atoms. The SMILES string of the molecule is Cc1noc(C)c1C(Cc1onc(C)c1[N+](=O)[O-])c1ccc(Cl)cc1Cl. The monoisotopic (exact) mass is 395 g/mol. The maximum absolute atomic E-state index is 11.4. The zero-order chi connectivity index (χ0) is 19.0. The van der Waals surface area contributed by atoms with Gasteiger partial charge in [-0.25, -0.2) is 0 Å². The minimum absolute atomic E-state index is 0.133. The number of aryl methyl sites for hydroxylation is 3. The fourth-order valence-electron chi connectivity index (χ4n) is 3.10. The molecule has 136 valence electrons. The quantitative estimate of drug-likeness (QED) is 0.436. The van der Waals surface area contributed by atoms with E-state index < -0.39 is 4.92 Å². The second-order valence-electron chi connectivity index (χ2n) is 5.96. The highest BCUT2D eigenvalue weighted by molar-refractivity contribution is 6.35. The van der Waals surface area contributed by atoms with Gasteiger partial charge in [0.15, 0.2) is 5.69 Å². The predicted molar refractivity (Wildman–Crippen MR) is 95.9 cm³/mol. The molecule has 0 N–H and O–H groups in total. The molecule has 1 aromatic carbocycles. The van der Waals surface area contributed by atoms with Crippen molar-refractivity contribution >= 4 is 28.9 Å². The van der Waals surface area contributed by atoms with Crippen molar-refractivity contribution in [3.8, 4) is 0 Å². The van der Waals surface area contributed by atoms with Crippen LogP contribution >= 0.6 is 23.2 Å². The fraction of sp³-hybridized carbons (Fsp3) is 0.294. The Balaban J connectivity index is 2.15. The molecule has 0 spiro atoms. The largest absolute Gasteiger partial charge is 0.361 e. The second kappa shape index (κ2) is 7.09. The molecule has 0 saturated carbocycles. The number of benzene rings is 1. The molecule has 3 aromatic rings. The van der Waals surface area contributed by atoms with E-state index in [1.165, 1.54) is 6.92 Å². The third kappa shape index (κ3) is 3.32. The smallest absolute Gasteiger partial charge is 0.334 e. The summed E-state index contributed by atoms with van der Waals surface area (Å²) < 4.78 is 10.5. The van der Waals surface area contributed by atoms with Gasteiger partial charge in [-0.15, -0.1) is 0 Å². The lowest BCUT2D eigenvalue weighted by molar-refractivity contribution is -0.386. The third-order valence-corrected chi connectivity index (χ3v) is 4.81. The number of nitrogens with zero attached hydrogens (tertiary/aromatic N) is 3. The number of nitro groups is 1. The summed E-state index contributed by atoms with van der Waals surface area (Å²) in [5.74, 6) is 0.415. The number of rotatable bonds is 5. The predicted octanol–water partition coefficient (Wildman–Crippen LogP) is 5.18. The first-order valence-electron chi connectivity index (χ1n) is 7.76. The first kappa shape index (κ1) is 18.4. The standard InChI is InChI=1S/C17H15Cl2N3O4/c1-8-16(10(3)25-20-8)13(12-5-4-11(18)6-14(12)19)7-15-17(22(23)24)9(2)21-26-15/h4-6,13H,7H2,1-3H3. The van der Waals surface area contributed by atoms with E-state index in [-0.39, 0.29) is 29.5 Å². The Labute approximate surface area is 159 Å². The first-order valence-corrected chi connectivity index (χ1v) is 8.52. The number of hydrogen-bond donors (Lipinski definition) is 0. The third-order valence-electron chi connectivity index (χ3n) is 4.25. The summed E-state index contributed by atoms with van der Waals surface area (Å²) in [6.07, 6.45) is 0.182. The van der Waals surface area contributed by atoms with Crippen LogP contribution in [0.15, 0.2) is 27.2 Å². The minimum atomic E-state index is -0.491. The molecular weight excluding hydrogens is 381 g/mol. The lowest BCUT2D eigenvalue weighted by Gasteiger charge is -2.17. The van der Waals surface area contributed by atoms with E-state index >= 15 is 0 Å². The zero-order valence-electron chi connectivity index (χ0n) is 14.2. The van der Waals surface area contributed by atoms with Crippen molar-refractivity contribution < 1.29 is 14.0 Å². The van der Waals surface area contributed by atoms with Crippen molar-refractivity contribution in [3.63, 3.8) is 0 Å². The number of hydrogen-bond acceptors (Lipinski definition) is 6. The molecule has 1 unspecified atom stereocenters. The van der Waals surface area contributed by atoms with Gasteiger partial charge in [-0.05, 0) is 38.5 Å². The minimum Gasteiger partial charge on any atom is -0.361 e. The van der Waals surface area contributed by atoms with Gasteiger partial charge >= 0.3 is 5.69 Å². The second-order valence-corrected chi connectivity index (χ2v) is 6.80. The molecule has 0 aliphatic heterocycles. The summed E-state index contributed by atoms with van der Waals surface area (Å²) in [5.41, 5.74) is 2.32. The van der Waals surface area contributed by atoms with Crippen LogP contribution in [-0.2, 0) is 6.42 Å². The topological polar surface area (TPSA) is 95.2 Å². The highest BCUT2D eigenvalue weighted by Gasteiger charge is 2.31. The van der Waals surface area contributed by atoms with E-state index in [1.54, 1.807) is 25.1 Å². The Hall–Kier alpha value is -2.38. The van der Waals surface area contributed by atoms with Crippen LogP contribution in [0.5, 0.6) is 0 Å².